The van der Waals surface area contributed by atoms with Crippen molar-refractivity contribution in [1.29, 1.82) is 0 Å². The maximum absolute atomic E-state index is 11.6. The van der Waals surface area contributed by atoms with E-state index in [4.69, 9.17) is 4.74 Å². The average Bonchev–Trinajstić information content (AvgIpc) is 3.13. The second-order valence-corrected chi connectivity index (χ2v) is 6.95. The first-order chi connectivity index (χ1) is 13.0. The molecule has 0 bridgehead atoms. The number of nitrogens with one attached hydrogen (secondary N) is 3. The molecule has 7 nitrogen and oxygen atoms in total. The van der Waals surface area contributed by atoms with Crippen LogP contribution in [0, 0.1) is 5.92 Å². The maximum Gasteiger partial charge on any atom is 0.222 e. The van der Waals surface area contributed by atoms with Gasteiger partial charge in [0.15, 0.2) is 5.96 Å². The van der Waals surface area contributed by atoms with E-state index in [0.717, 1.165) is 43.5 Å². The number of hydrogen-bond donors (Lipinski definition) is 3. The molecule has 7 heteroatoms. The van der Waals surface area contributed by atoms with Crippen molar-refractivity contribution in [3.8, 4) is 5.75 Å². The molecule has 0 aliphatic carbocycles. The SMILES string of the molecule is CCNC(=NCCNC(=O)C(C)C)NC1CCN(c2ccccc2OC)C1. The van der Waals surface area contributed by atoms with Gasteiger partial charge in [0.25, 0.3) is 0 Å². The summed E-state index contributed by atoms with van der Waals surface area (Å²) in [5, 5.41) is 9.68. The number of para-hydroxylation sites is 2. The number of carbonyl (C=O) groups is 1. The first-order valence-electron chi connectivity index (χ1n) is 9.75. The van der Waals surface area contributed by atoms with Gasteiger partial charge in [-0.25, -0.2) is 0 Å². The van der Waals surface area contributed by atoms with Crippen LogP contribution in [0.3, 0.4) is 0 Å². The number of methoxy groups -OCH3 is 1. The number of benzene rings is 1. The third-order valence-electron chi connectivity index (χ3n) is 4.50. The van der Waals surface area contributed by atoms with Crippen LogP contribution in [0.4, 0.5) is 5.69 Å². The summed E-state index contributed by atoms with van der Waals surface area (Å²) in [6.45, 7) is 9.59. The predicted molar refractivity (Wildman–Crippen MR) is 111 cm³/mol. The maximum atomic E-state index is 11.6. The molecule has 0 aromatic heterocycles. The van der Waals surface area contributed by atoms with Gasteiger partial charge in [-0.15, -0.1) is 0 Å². The standard InChI is InChI=1S/C20H33N5O2/c1-5-21-20(23-12-11-22-19(26)15(2)3)24-16-10-13-25(14-16)17-8-6-7-9-18(17)27-4/h6-9,15-16H,5,10-14H2,1-4H3,(H,22,26)(H2,21,23,24). The Balaban J connectivity index is 1.87. The van der Waals surface area contributed by atoms with Gasteiger partial charge >= 0.3 is 0 Å². The highest BCUT2D eigenvalue weighted by Gasteiger charge is 2.25. The summed E-state index contributed by atoms with van der Waals surface area (Å²) in [5.74, 6) is 1.76. The molecule has 27 heavy (non-hydrogen) atoms. The number of guanidine groups is 1. The number of rotatable bonds is 8. The molecule has 1 aromatic carbocycles. The Kier molecular flexibility index (Phi) is 8.23. The van der Waals surface area contributed by atoms with E-state index in [1.807, 2.05) is 39.0 Å². The molecule has 1 aliphatic heterocycles. The molecule has 2 rings (SSSR count). The minimum Gasteiger partial charge on any atom is -0.495 e. The molecule has 1 fully saturated rings. The van der Waals surface area contributed by atoms with Gasteiger partial charge in [-0.1, -0.05) is 26.0 Å². The summed E-state index contributed by atoms with van der Waals surface area (Å²) in [7, 11) is 1.71. The van der Waals surface area contributed by atoms with Crippen LogP contribution in [-0.2, 0) is 4.79 Å². The van der Waals surface area contributed by atoms with Crippen LogP contribution < -0.4 is 25.6 Å². The molecule has 1 atom stereocenters. The summed E-state index contributed by atoms with van der Waals surface area (Å²) >= 11 is 0. The number of aliphatic imine (C=N–C) groups is 1. The van der Waals surface area contributed by atoms with Gasteiger partial charge in [0.05, 0.1) is 19.3 Å². The fourth-order valence-corrected chi connectivity index (χ4v) is 3.05. The lowest BCUT2D eigenvalue weighted by Gasteiger charge is -2.22. The second kappa shape index (κ2) is 10.6. The lowest BCUT2D eigenvalue weighted by atomic mass is 10.2. The summed E-state index contributed by atoms with van der Waals surface area (Å²) in [6, 6.07) is 8.43. The van der Waals surface area contributed by atoms with E-state index in [1.54, 1.807) is 7.11 Å². The molecule has 0 saturated carbocycles. The molecule has 1 saturated heterocycles. The van der Waals surface area contributed by atoms with Crippen LogP contribution in [0.5, 0.6) is 5.75 Å². The zero-order chi connectivity index (χ0) is 19.6. The molecule has 1 aliphatic rings. The Hall–Kier alpha value is -2.44. The number of hydrogen-bond acceptors (Lipinski definition) is 4. The summed E-state index contributed by atoms with van der Waals surface area (Å²) in [5.41, 5.74) is 1.13. The van der Waals surface area contributed by atoms with Crippen molar-refractivity contribution >= 4 is 17.6 Å². The Morgan fingerprint density at radius 2 is 2.11 bits per heavy atom. The molecule has 1 aromatic rings. The highest BCUT2D eigenvalue weighted by Crippen LogP contribution is 2.30. The van der Waals surface area contributed by atoms with Crippen molar-refractivity contribution < 1.29 is 9.53 Å². The Bertz CT molecular complexity index is 633. The van der Waals surface area contributed by atoms with Gasteiger partial charge in [0.2, 0.25) is 5.91 Å². The summed E-state index contributed by atoms with van der Waals surface area (Å²) in [6.07, 6.45) is 1.03. The van der Waals surface area contributed by atoms with Crippen molar-refractivity contribution in [2.75, 3.05) is 44.7 Å². The quantitative estimate of drug-likeness (QED) is 0.365. The third kappa shape index (κ3) is 6.34. The zero-order valence-electron chi connectivity index (χ0n) is 16.9. The normalized spacial score (nSPS) is 17.1. The molecule has 1 amide bonds. The van der Waals surface area contributed by atoms with Crippen molar-refractivity contribution in [2.45, 2.75) is 33.2 Å². The van der Waals surface area contributed by atoms with Gasteiger partial charge in [0.1, 0.15) is 5.75 Å². The van der Waals surface area contributed by atoms with Crippen LogP contribution in [0.1, 0.15) is 27.2 Å². The Morgan fingerprint density at radius 1 is 1.33 bits per heavy atom. The highest BCUT2D eigenvalue weighted by molar-refractivity contribution is 5.80. The van der Waals surface area contributed by atoms with E-state index in [1.165, 1.54) is 0 Å². The van der Waals surface area contributed by atoms with Crippen LogP contribution in [0.2, 0.25) is 0 Å². The van der Waals surface area contributed by atoms with Gasteiger partial charge in [-0.05, 0) is 25.5 Å². The summed E-state index contributed by atoms with van der Waals surface area (Å²) < 4.78 is 5.48. The van der Waals surface area contributed by atoms with E-state index < -0.39 is 0 Å². The number of carbonyl (C=O) groups excluding carboxylic acids is 1. The number of anilines is 1. The zero-order valence-corrected chi connectivity index (χ0v) is 16.9. The topological polar surface area (TPSA) is 78.0 Å². The first-order valence-corrected chi connectivity index (χ1v) is 9.75. The lowest BCUT2D eigenvalue weighted by molar-refractivity contribution is -0.123. The fraction of sp³-hybridized carbons (Fsp3) is 0.600. The van der Waals surface area contributed by atoms with Crippen molar-refractivity contribution in [3.63, 3.8) is 0 Å². The van der Waals surface area contributed by atoms with Gasteiger partial charge in [0, 0.05) is 38.1 Å². The third-order valence-corrected chi connectivity index (χ3v) is 4.50. The Morgan fingerprint density at radius 3 is 2.81 bits per heavy atom. The van der Waals surface area contributed by atoms with Gasteiger partial charge < -0.3 is 25.6 Å². The number of ether oxygens (including phenoxy) is 1. The van der Waals surface area contributed by atoms with E-state index in [0.29, 0.717) is 19.1 Å². The van der Waals surface area contributed by atoms with E-state index in [-0.39, 0.29) is 11.8 Å². The van der Waals surface area contributed by atoms with Crippen LogP contribution in [-0.4, -0.2) is 57.7 Å². The number of amides is 1. The lowest BCUT2D eigenvalue weighted by Crippen LogP contribution is -2.45. The number of nitrogens with zero attached hydrogens (tertiary/aromatic N) is 2. The minimum absolute atomic E-state index is 0.000193. The van der Waals surface area contributed by atoms with Gasteiger partial charge in [-0.2, -0.15) is 0 Å². The van der Waals surface area contributed by atoms with E-state index in [2.05, 4.69) is 31.9 Å². The molecule has 0 radical (unpaired) electrons. The van der Waals surface area contributed by atoms with E-state index >= 15 is 0 Å². The van der Waals surface area contributed by atoms with Gasteiger partial charge in [-0.3, -0.25) is 9.79 Å². The monoisotopic (exact) mass is 375 g/mol. The molecule has 1 unspecified atom stereocenters. The Labute approximate surface area is 162 Å². The highest BCUT2D eigenvalue weighted by atomic mass is 16.5. The van der Waals surface area contributed by atoms with E-state index in [9.17, 15) is 4.79 Å². The predicted octanol–water partition coefficient (Wildman–Crippen LogP) is 1.60. The second-order valence-electron chi connectivity index (χ2n) is 6.95. The molecular formula is C20H33N5O2. The van der Waals surface area contributed by atoms with Crippen LogP contribution in [0.15, 0.2) is 29.3 Å². The molecule has 0 spiro atoms. The molecular weight excluding hydrogens is 342 g/mol. The van der Waals surface area contributed by atoms with Crippen molar-refractivity contribution in [3.05, 3.63) is 24.3 Å². The fourth-order valence-electron chi connectivity index (χ4n) is 3.05. The average molecular weight is 376 g/mol. The largest absolute Gasteiger partial charge is 0.495 e. The van der Waals surface area contributed by atoms with Crippen molar-refractivity contribution in [2.24, 2.45) is 10.9 Å². The molecule has 1 heterocycles. The van der Waals surface area contributed by atoms with Crippen LogP contribution in [0.25, 0.3) is 0 Å². The summed E-state index contributed by atoms with van der Waals surface area (Å²) in [4.78, 5) is 18.5. The van der Waals surface area contributed by atoms with Crippen LogP contribution >= 0.6 is 0 Å². The smallest absolute Gasteiger partial charge is 0.222 e. The van der Waals surface area contributed by atoms with Crippen molar-refractivity contribution in [1.82, 2.24) is 16.0 Å². The minimum atomic E-state index is -0.000193. The molecule has 3 N–H and O–H groups in total. The molecule has 150 valence electrons. The first kappa shape index (κ1) is 20.9.